The fourth-order valence-electron chi connectivity index (χ4n) is 1.97. The lowest BCUT2D eigenvalue weighted by molar-refractivity contribution is -0.0501. The van der Waals surface area contributed by atoms with Crippen molar-refractivity contribution >= 4 is 38.3 Å². The Morgan fingerprint density at radius 1 is 1.43 bits per heavy atom. The SMILES string of the molecule is O=S1(=O)N=C(N=S2CCSC2)c2c(OC(F)F)cccc21. The number of thioether (sulfide) groups is 1. The number of alkyl halides is 2. The molecule has 0 N–H and O–H groups in total. The van der Waals surface area contributed by atoms with Crippen LogP contribution in [0.1, 0.15) is 5.56 Å². The third-order valence-electron chi connectivity index (χ3n) is 2.81. The van der Waals surface area contributed by atoms with E-state index in [1.807, 2.05) is 0 Å². The Kier molecular flexibility index (Phi) is 4.02. The summed E-state index contributed by atoms with van der Waals surface area (Å²) in [7, 11) is -4.22. The van der Waals surface area contributed by atoms with Gasteiger partial charge in [-0.1, -0.05) is 16.8 Å². The molecule has 2 aliphatic heterocycles. The van der Waals surface area contributed by atoms with Gasteiger partial charge in [0.15, 0.2) is 5.84 Å². The average molecular weight is 352 g/mol. The Morgan fingerprint density at radius 2 is 2.24 bits per heavy atom. The summed E-state index contributed by atoms with van der Waals surface area (Å²) < 4.78 is 61.3. The van der Waals surface area contributed by atoms with E-state index in [-0.39, 0.29) is 32.7 Å². The molecule has 114 valence electrons. The molecule has 1 atom stereocenters. The van der Waals surface area contributed by atoms with Gasteiger partial charge in [0.2, 0.25) is 0 Å². The van der Waals surface area contributed by atoms with Crippen LogP contribution in [0, 0.1) is 0 Å². The van der Waals surface area contributed by atoms with E-state index in [1.165, 1.54) is 18.2 Å². The van der Waals surface area contributed by atoms with Crippen molar-refractivity contribution in [2.75, 3.05) is 16.6 Å². The number of nitrogens with zero attached hydrogens (tertiary/aromatic N) is 2. The molecule has 1 unspecified atom stereocenters. The molecule has 1 fully saturated rings. The molecule has 0 bridgehead atoms. The van der Waals surface area contributed by atoms with Gasteiger partial charge in [-0.3, -0.25) is 0 Å². The van der Waals surface area contributed by atoms with Crippen molar-refractivity contribution in [1.82, 2.24) is 0 Å². The first-order valence-electron chi connectivity index (χ1n) is 5.87. The summed E-state index contributed by atoms with van der Waals surface area (Å²) in [4.78, 5) is -0.130. The highest BCUT2D eigenvalue weighted by molar-refractivity contribution is 8.14. The summed E-state index contributed by atoms with van der Waals surface area (Å²) in [6.45, 7) is -3.04. The van der Waals surface area contributed by atoms with Gasteiger partial charge in [0, 0.05) is 11.5 Å². The Bertz CT molecular complexity index is 739. The molecule has 21 heavy (non-hydrogen) atoms. The number of hydrogen-bond acceptors (Lipinski definition) is 5. The van der Waals surface area contributed by atoms with E-state index in [0.29, 0.717) is 0 Å². The lowest BCUT2D eigenvalue weighted by Gasteiger charge is -2.09. The molecule has 0 aromatic heterocycles. The first-order chi connectivity index (χ1) is 9.97. The normalized spacial score (nSPS) is 23.4. The number of sulfonamides is 1. The fourth-order valence-corrected chi connectivity index (χ4v) is 6.82. The molecule has 0 saturated carbocycles. The molecule has 1 saturated heterocycles. The number of ether oxygens (including phenoxy) is 1. The van der Waals surface area contributed by atoms with Crippen LogP contribution in [-0.4, -0.2) is 37.5 Å². The molecule has 3 rings (SSSR count). The third kappa shape index (κ3) is 2.97. The van der Waals surface area contributed by atoms with Crippen molar-refractivity contribution in [1.29, 1.82) is 0 Å². The maximum absolute atomic E-state index is 12.5. The second-order valence-corrected chi connectivity index (χ2v) is 9.03. The van der Waals surface area contributed by atoms with Crippen LogP contribution in [0.2, 0.25) is 0 Å². The van der Waals surface area contributed by atoms with Crippen LogP contribution in [0.15, 0.2) is 31.9 Å². The largest absolute Gasteiger partial charge is 0.434 e. The zero-order chi connectivity index (χ0) is 15.0. The quantitative estimate of drug-likeness (QED) is 0.819. The molecular formula is C11H10F2N2O3S3. The highest BCUT2D eigenvalue weighted by Gasteiger charge is 2.33. The molecule has 2 aliphatic rings. The minimum absolute atomic E-state index is 0.0212. The number of rotatable bonds is 2. The van der Waals surface area contributed by atoms with Crippen LogP contribution in [0.4, 0.5) is 8.78 Å². The lowest BCUT2D eigenvalue weighted by Crippen LogP contribution is -2.08. The zero-order valence-electron chi connectivity index (χ0n) is 10.5. The number of hydrogen-bond donors (Lipinski definition) is 0. The summed E-state index contributed by atoms with van der Waals surface area (Å²) in [6.07, 6.45) is 0. The average Bonchev–Trinajstić information content (AvgIpc) is 2.97. The highest BCUT2D eigenvalue weighted by atomic mass is 32.2. The molecule has 10 heteroatoms. The summed E-state index contributed by atoms with van der Waals surface area (Å²) in [5.41, 5.74) is 0.0437. The maximum atomic E-state index is 12.5. The van der Waals surface area contributed by atoms with Gasteiger partial charge in [0.1, 0.15) is 10.6 Å². The Balaban J connectivity index is 2.12. The van der Waals surface area contributed by atoms with Crippen LogP contribution >= 0.6 is 11.8 Å². The molecule has 0 radical (unpaired) electrons. The molecule has 0 aliphatic carbocycles. The Hall–Kier alpha value is -1.00. The smallest absolute Gasteiger partial charge is 0.387 e. The molecular weight excluding hydrogens is 342 g/mol. The van der Waals surface area contributed by atoms with Crippen molar-refractivity contribution in [3.63, 3.8) is 0 Å². The van der Waals surface area contributed by atoms with Gasteiger partial charge < -0.3 is 4.74 Å². The summed E-state index contributed by atoms with van der Waals surface area (Å²) in [5, 5.41) is 0.798. The van der Waals surface area contributed by atoms with E-state index in [2.05, 4.69) is 13.5 Å². The number of benzene rings is 1. The van der Waals surface area contributed by atoms with Gasteiger partial charge in [-0.15, -0.1) is 16.2 Å². The van der Waals surface area contributed by atoms with Crippen molar-refractivity contribution in [3.8, 4) is 5.75 Å². The van der Waals surface area contributed by atoms with Crippen LogP contribution in [0.25, 0.3) is 0 Å². The predicted molar refractivity (Wildman–Crippen MR) is 78.8 cm³/mol. The number of amidine groups is 1. The summed E-state index contributed by atoms with van der Waals surface area (Å²) >= 11 is 1.72. The molecule has 0 amide bonds. The van der Waals surface area contributed by atoms with Crippen molar-refractivity contribution in [2.24, 2.45) is 8.76 Å². The van der Waals surface area contributed by atoms with Crippen LogP contribution in [0.5, 0.6) is 5.75 Å². The summed E-state index contributed by atoms with van der Waals surface area (Å²) in [6, 6.07) is 3.96. The lowest BCUT2D eigenvalue weighted by atomic mass is 10.2. The van der Waals surface area contributed by atoms with Crippen LogP contribution in [-0.2, 0) is 20.7 Å². The molecule has 5 nitrogen and oxygen atoms in total. The predicted octanol–water partition coefficient (Wildman–Crippen LogP) is 2.24. The second kappa shape index (κ2) is 5.65. The zero-order valence-corrected chi connectivity index (χ0v) is 13.0. The van der Waals surface area contributed by atoms with Gasteiger partial charge >= 0.3 is 6.61 Å². The van der Waals surface area contributed by atoms with Gasteiger partial charge in [0.05, 0.1) is 10.6 Å². The van der Waals surface area contributed by atoms with Crippen molar-refractivity contribution in [2.45, 2.75) is 11.5 Å². The third-order valence-corrected chi connectivity index (χ3v) is 7.73. The molecule has 2 heterocycles. The second-order valence-electron chi connectivity index (χ2n) is 4.18. The maximum Gasteiger partial charge on any atom is 0.387 e. The van der Waals surface area contributed by atoms with E-state index >= 15 is 0 Å². The molecule has 0 spiro atoms. The van der Waals surface area contributed by atoms with E-state index in [9.17, 15) is 17.2 Å². The standard InChI is InChI=1S/C11H10F2N2O3S3/c12-11(13)18-7-2-1-3-8-9(7)10(15-21(8,16)17)14-20-5-4-19-6-20/h1-3,11H,4-6H2. The monoisotopic (exact) mass is 352 g/mol. The number of fused-ring (bicyclic) bond motifs is 1. The van der Waals surface area contributed by atoms with E-state index in [0.717, 1.165) is 16.6 Å². The van der Waals surface area contributed by atoms with Crippen LogP contribution < -0.4 is 4.74 Å². The van der Waals surface area contributed by atoms with Gasteiger partial charge in [-0.2, -0.15) is 17.2 Å². The van der Waals surface area contributed by atoms with E-state index in [1.54, 1.807) is 11.8 Å². The molecule has 1 aromatic carbocycles. The van der Waals surface area contributed by atoms with E-state index < -0.39 is 16.6 Å². The minimum atomic E-state index is -3.89. The minimum Gasteiger partial charge on any atom is -0.434 e. The van der Waals surface area contributed by atoms with Crippen molar-refractivity contribution in [3.05, 3.63) is 23.8 Å². The first-order valence-corrected chi connectivity index (χ1v) is 9.99. The Labute approximate surface area is 126 Å². The molecule has 1 aromatic rings. The van der Waals surface area contributed by atoms with Crippen LogP contribution in [0.3, 0.4) is 0 Å². The van der Waals surface area contributed by atoms with Gasteiger partial charge in [-0.25, -0.2) is 4.36 Å². The van der Waals surface area contributed by atoms with E-state index in [4.69, 9.17) is 0 Å². The number of halogens is 2. The highest BCUT2D eigenvalue weighted by Crippen LogP contribution is 2.35. The van der Waals surface area contributed by atoms with Crippen molar-refractivity contribution < 1.29 is 21.9 Å². The Morgan fingerprint density at radius 3 is 2.90 bits per heavy atom. The van der Waals surface area contributed by atoms with Gasteiger partial charge in [0.25, 0.3) is 10.0 Å². The summed E-state index contributed by atoms with van der Waals surface area (Å²) in [5.74, 6) is 1.57. The topological polar surface area (TPSA) is 68.1 Å². The van der Waals surface area contributed by atoms with Gasteiger partial charge in [-0.05, 0) is 12.1 Å². The fraction of sp³-hybridized carbons (Fsp3) is 0.364. The first kappa shape index (κ1) is 14.9.